The first-order valence-corrected chi connectivity index (χ1v) is 9.33. The molecule has 0 aliphatic carbocycles. The van der Waals surface area contributed by atoms with Gasteiger partial charge in [-0.05, 0) is 23.6 Å². The third-order valence-electron chi connectivity index (χ3n) is 4.75. The summed E-state index contributed by atoms with van der Waals surface area (Å²) in [6.45, 7) is 1.62. The predicted octanol–water partition coefficient (Wildman–Crippen LogP) is 1.52. The van der Waals surface area contributed by atoms with Crippen molar-refractivity contribution in [3.63, 3.8) is 0 Å². The smallest absolute Gasteiger partial charge is 0.250 e. The van der Waals surface area contributed by atoms with Gasteiger partial charge < -0.3 is 14.6 Å². The lowest BCUT2D eigenvalue weighted by Gasteiger charge is -2.22. The molecule has 0 radical (unpaired) electrons. The molecule has 1 N–H and O–H groups in total. The minimum atomic E-state index is -0.280. The van der Waals surface area contributed by atoms with E-state index in [0.29, 0.717) is 19.7 Å². The maximum absolute atomic E-state index is 12.2. The maximum Gasteiger partial charge on any atom is 0.250 e. The minimum Gasteiger partial charge on any atom is -0.370 e. The lowest BCUT2D eigenvalue weighted by atomic mass is 10.1. The highest BCUT2D eigenvalue weighted by molar-refractivity contribution is 5.75. The first-order chi connectivity index (χ1) is 13.7. The van der Waals surface area contributed by atoms with E-state index in [1.54, 1.807) is 18.3 Å². The molecular weight excluding hydrogens is 356 g/mol. The van der Waals surface area contributed by atoms with Crippen molar-refractivity contribution in [2.45, 2.75) is 25.6 Å². The number of aromatic nitrogens is 3. The molecule has 0 saturated heterocycles. The molecule has 0 fully saturated rings. The first-order valence-electron chi connectivity index (χ1n) is 9.33. The topological polar surface area (TPSA) is 78.1 Å². The number of hydrogen-bond donors (Lipinski definition) is 1. The Morgan fingerprint density at radius 2 is 2.00 bits per heavy atom. The van der Waals surface area contributed by atoms with E-state index in [0.717, 1.165) is 17.7 Å². The van der Waals surface area contributed by atoms with Crippen LogP contribution >= 0.6 is 0 Å². The number of amides is 1. The van der Waals surface area contributed by atoms with Crippen LogP contribution in [0.4, 0.5) is 0 Å². The van der Waals surface area contributed by atoms with Gasteiger partial charge in [0, 0.05) is 25.0 Å². The summed E-state index contributed by atoms with van der Waals surface area (Å²) >= 11 is 0. The van der Waals surface area contributed by atoms with E-state index in [-0.39, 0.29) is 24.1 Å². The van der Waals surface area contributed by atoms with Crippen LogP contribution in [0, 0.1) is 0 Å². The third kappa shape index (κ3) is 4.20. The van der Waals surface area contributed by atoms with Crippen LogP contribution in [-0.2, 0) is 29.0 Å². The van der Waals surface area contributed by atoms with Gasteiger partial charge in [0.15, 0.2) is 0 Å². The molecule has 3 heterocycles. The van der Waals surface area contributed by atoms with Crippen molar-refractivity contribution in [1.82, 2.24) is 19.7 Å². The van der Waals surface area contributed by atoms with Crippen LogP contribution in [0.5, 0.6) is 0 Å². The zero-order valence-corrected chi connectivity index (χ0v) is 15.5. The van der Waals surface area contributed by atoms with Crippen LogP contribution in [0.15, 0.2) is 65.7 Å². The summed E-state index contributed by atoms with van der Waals surface area (Å²) in [4.78, 5) is 23.9. The molecular formula is C21H22N4O3. The predicted molar refractivity (Wildman–Crippen MR) is 104 cm³/mol. The molecule has 1 aliphatic heterocycles. The molecule has 1 amide bonds. The quantitative estimate of drug-likeness (QED) is 0.706. The van der Waals surface area contributed by atoms with Gasteiger partial charge in [-0.3, -0.25) is 14.3 Å². The van der Waals surface area contributed by atoms with E-state index in [2.05, 4.69) is 28.7 Å². The number of benzene rings is 1. The molecule has 1 atom stereocenters. The van der Waals surface area contributed by atoms with Crippen molar-refractivity contribution < 1.29 is 9.53 Å². The normalized spacial score (nSPS) is 15.8. The summed E-state index contributed by atoms with van der Waals surface area (Å²) in [7, 11) is 0. The fourth-order valence-electron chi connectivity index (χ4n) is 3.35. The Kier molecular flexibility index (Phi) is 5.34. The number of nitrogens with one attached hydrogen (secondary N) is 1. The largest absolute Gasteiger partial charge is 0.370 e. The van der Waals surface area contributed by atoms with Crippen LogP contribution in [-0.4, -0.2) is 33.4 Å². The molecule has 0 unspecified atom stereocenters. The van der Waals surface area contributed by atoms with Gasteiger partial charge in [-0.15, -0.1) is 0 Å². The fraction of sp³-hybridized carbons (Fsp3) is 0.286. The van der Waals surface area contributed by atoms with E-state index in [1.165, 1.54) is 16.2 Å². The average Bonchev–Trinajstić information content (AvgIpc) is 3.12. The molecule has 0 spiro atoms. The number of rotatable bonds is 6. The second-order valence-electron chi connectivity index (χ2n) is 6.80. The average molecular weight is 378 g/mol. The minimum absolute atomic E-state index is 0.0122. The lowest BCUT2D eigenvalue weighted by molar-refractivity contribution is -0.122. The van der Waals surface area contributed by atoms with Gasteiger partial charge in [0.05, 0.1) is 18.8 Å². The van der Waals surface area contributed by atoms with E-state index in [1.807, 2.05) is 22.9 Å². The molecule has 28 heavy (non-hydrogen) atoms. The zero-order chi connectivity index (χ0) is 19.3. The highest BCUT2D eigenvalue weighted by Crippen LogP contribution is 2.25. The number of ether oxygens (including phenoxy) is 1. The van der Waals surface area contributed by atoms with Crippen LogP contribution in [0.1, 0.15) is 22.9 Å². The Morgan fingerprint density at radius 3 is 2.82 bits per heavy atom. The second-order valence-corrected chi connectivity index (χ2v) is 6.80. The van der Waals surface area contributed by atoms with Crippen LogP contribution in [0.25, 0.3) is 0 Å². The van der Waals surface area contributed by atoms with Crippen LogP contribution in [0.2, 0.25) is 0 Å². The molecule has 4 rings (SSSR count). The standard InChI is InChI=1S/C21H22N4O3/c26-19(15-24-10-5-4-8-20(24)27)22-12-18-21-17(9-11-28-18)14-25(23-21)13-16-6-2-1-3-7-16/h1-8,10,14,18H,9,11-13,15H2,(H,22,26)/t18-/m0/s1. The molecule has 1 aromatic carbocycles. The number of carbonyl (C=O) groups is 1. The lowest BCUT2D eigenvalue weighted by Crippen LogP contribution is -2.35. The Labute approximate surface area is 162 Å². The Hall–Kier alpha value is -3.19. The van der Waals surface area contributed by atoms with Crippen molar-refractivity contribution in [2.24, 2.45) is 0 Å². The van der Waals surface area contributed by atoms with Gasteiger partial charge in [0.2, 0.25) is 5.91 Å². The molecule has 1 aliphatic rings. The van der Waals surface area contributed by atoms with Gasteiger partial charge in [0.25, 0.3) is 5.56 Å². The van der Waals surface area contributed by atoms with Gasteiger partial charge in [-0.2, -0.15) is 5.10 Å². The van der Waals surface area contributed by atoms with Gasteiger partial charge >= 0.3 is 0 Å². The number of nitrogens with zero attached hydrogens (tertiary/aromatic N) is 3. The van der Waals surface area contributed by atoms with Crippen molar-refractivity contribution in [3.05, 3.63) is 88.1 Å². The van der Waals surface area contributed by atoms with Crippen molar-refractivity contribution in [1.29, 1.82) is 0 Å². The number of pyridine rings is 1. The molecule has 7 heteroatoms. The van der Waals surface area contributed by atoms with Crippen molar-refractivity contribution in [3.8, 4) is 0 Å². The highest BCUT2D eigenvalue weighted by Gasteiger charge is 2.25. The van der Waals surface area contributed by atoms with Gasteiger partial charge in [-0.25, -0.2) is 0 Å². The van der Waals surface area contributed by atoms with E-state index >= 15 is 0 Å². The summed E-state index contributed by atoms with van der Waals surface area (Å²) < 4.78 is 9.13. The highest BCUT2D eigenvalue weighted by atomic mass is 16.5. The van der Waals surface area contributed by atoms with Crippen LogP contribution < -0.4 is 10.9 Å². The maximum atomic E-state index is 12.2. The van der Waals surface area contributed by atoms with E-state index in [4.69, 9.17) is 4.74 Å². The molecule has 0 bridgehead atoms. The summed E-state index contributed by atoms with van der Waals surface area (Å²) in [6.07, 6.45) is 4.19. The van der Waals surface area contributed by atoms with Gasteiger partial charge in [0.1, 0.15) is 12.6 Å². The Balaban J connectivity index is 1.39. The van der Waals surface area contributed by atoms with E-state index in [9.17, 15) is 9.59 Å². The second kappa shape index (κ2) is 8.22. The van der Waals surface area contributed by atoms with Crippen molar-refractivity contribution >= 4 is 5.91 Å². The van der Waals surface area contributed by atoms with Gasteiger partial charge in [-0.1, -0.05) is 36.4 Å². The zero-order valence-electron chi connectivity index (χ0n) is 15.5. The SMILES string of the molecule is O=C(Cn1ccccc1=O)NC[C@@H]1OCCc2cn(Cc3ccccc3)nc21. The Morgan fingerprint density at radius 1 is 1.18 bits per heavy atom. The first kappa shape index (κ1) is 18.2. The Bertz CT molecular complexity index is 1010. The van der Waals surface area contributed by atoms with Crippen LogP contribution in [0.3, 0.4) is 0 Å². The summed E-state index contributed by atoms with van der Waals surface area (Å²) in [5, 5.41) is 7.54. The molecule has 7 nitrogen and oxygen atoms in total. The monoisotopic (exact) mass is 378 g/mol. The third-order valence-corrected chi connectivity index (χ3v) is 4.75. The summed E-state index contributed by atoms with van der Waals surface area (Å²) in [6, 6.07) is 15.0. The summed E-state index contributed by atoms with van der Waals surface area (Å²) in [5.41, 5.74) is 3.01. The molecule has 0 saturated carbocycles. The molecule has 3 aromatic rings. The number of hydrogen-bond acceptors (Lipinski definition) is 4. The number of fused-ring (bicyclic) bond motifs is 1. The number of carbonyl (C=O) groups excluding carboxylic acids is 1. The van der Waals surface area contributed by atoms with Crippen molar-refractivity contribution in [2.75, 3.05) is 13.2 Å². The van der Waals surface area contributed by atoms with E-state index < -0.39 is 0 Å². The summed E-state index contributed by atoms with van der Waals surface area (Å²) in [5.74, 6) is -0.229. The fourth-order valence-corrected chi connectivity index (χ4v) is 3.35. The molecule has 2 aromatic heterocycles. The molecule has 144 valence electrons.